The molecule has 39 heavy (non-hydrogen) atoms. The first-order valence-corrected chi connectivity index (χ1v) is 15.2. The van der Waals surface area contributed by atoms with Crippen molar-refractivity contribution in [2.75, 3.05) is 10.8 Å². The number of hydrogen-bond acceptors (Lipinski definition) is 4. The number of rotatable bonds is 11. The molecule has 0 aliphatic heterocycles. The van der Waals surface area contributed by atoms with E-state index in [-0.39, 0.29) is 23.4 Å². The molecular formula is C30H36BrN3O4S. The van der Waals surface area contributed by atoms with E-state index in [0.29, 0.717) is 5.69 Å². The first kappa shape index (κ1) is 30.4. The van der Waals surface area contributed by atoms with E-state index in [0.717, 1.165) is 31.9 Å². The topological polar surface area (TPSA) is 86.8 Å². The summed E-state index contributed by atoms with van der Waals surface area (Å²) < 4.78 is 29.7. The minimum atomic E-state index is -4.08. The molecule has 0 unspecified atom stereocenters. The van der Waals surface area contributed by atoms with Crippen LogP contribution < -0.4 is 9.62 Å². The van der Waals surface area contributed by atoms with Gasteiger partial charge in [0.2, 0.25) is 11.8 Å². The number of carbonyl (C=O) groups excluding carboxylic acids is 2. The SMILES string of the molecule is CC[C@H](C)NC(=O)[C@@H](C)N(Cc1ccc(Br)cc1)C(=O)CN(c1ccc(C)c(C)c1)S(=O)(=O)c1ccccc1. The molecule has 0 saturated heterocycles. The van der Waals surface area contributed by atoms with E-state index >= 15 is 0 Å². The number of nitrogens with one attached hydrogen (secondary N) is 1. The molecule has 2 amide bonds. The van der Waals surface area contributed by atoms with Gasteiger partial charge in [-0.3, -0.25) is 13.9 Å². The molecule has 0 spiro atoms. The van der Waals surface area contributed by atoms with Crippen molar-refractivity contribution >= 4 is 43.5 Å². The summed E-state index contributed by atoms with van der Waals surface area (Å²) in [5, 5.41) is 2.94. The van der Waals surface area contributed by atoms with Gasteiger partial charge >= 0.3 is 0 Å². The molecule has 0 aliphatic rings. The van der Waals surface area contributed by atoms with Gasteiger partial charge in [-0.15, -0.1) is 0 Å². The number of carbonyl (C=O) groups is 2. The monoisotopic (exact) mass is 613 g/mol. The molecule has 208 valence electrons. The summed E-state index contributed by atoms with van der Waals surface area (Å²) in [6.45, 7) is 9.06. The molecule has 0 fully saturated rings. The fourth-order valence-corrected chi connectivity index (χ4v) is 5.66. The van der Waals surface area contributed by atoms with Crippen molar-refractivity contribution in [2.45, 2.75) is 64.6 Å². The van der Waals surface area contributed by atoms with Crippen molar-refractivity contribution in [1.29, 1.82) is 0 Å². The van der Waals surface area contributed by atoms with Crippen LogP contribution in [0, 0.1) is 13.8 Å². The maximum absolute atomic E-state index is 14.0. The average Bonchev–Trinajstić information content (AvgIpc) is 2.92. The summed E-state index contributed by atoms with van der Waals surface area (Å²) in [6, 6.07) is 19.9. The van der Waals surface area contributed by atoms with Crippen LogP contribution in [-0.4, -0.2) is 43.8 Å². The fourth-order valence-electron chi connectivity index (χ4n) is 3.96. The zero-order chi connectivity index (χ0) is 28.7. The van der Waals surface area contributed by atoms with Crippen molar-refractivity contribution in [1.82, 2.24) is 10.2 Å². The molecule has 0 saturated carbocycles. The van der Waals surface area contributed by atoms with Gasteiger partial charge in [-0.05, 0) is 87.2 Å². The standard InChI is InChI=1S/C30H36BrN3O4S/c1-6-23(4)32-30(36)24(5)33(19-25-13-15-26(31)16-14-25)29(35)20-34(27-17-12-21(2)22(3)18-27)39(37,38)28-10-8-7-9-11-28/h7-18,23-24H,6,19-20H2,1-5H3,(H,32,36)/t23-,24+/m0/s1. The summed E-state index contributed by atoms with van der Waals surface area (Å²) >= 11 is 3.42. The molecule has 0 aromatic heterocycles. The summed E-state index contributed by atoms with van der Waals surface area (Å²) in [6.07, 6.45) is 0.745. The van der Waals surface area contributed by atoms with E-state index in [4.69, 9.17) is 0 Å². The quantitative estimate of drug-likeness (QED) is 0.305. The molecule has 1 N–H and O–H groups in total. The van der Waals surface area contributed by atoms with E-state index in [1.165, 1.54) is 17.0 Å². The second-order valence-electron chi connectivity index (χ2n) is 9.74. The molecule has 3 aromatic rings. The summed E-state index contributed by atoms with van der Waals surface area (Å²) in [5.74, 6) is -0.777. The van der Waals surface area contributed by atoms with Crippen LogP contribution >= 0.6 is 15.9 Å². The number of hydrogen-bond donors (Lipinski definition) is 1. The van der Waals surface area contributed by atoms with Gasteiger partial charge < -0.3 is 10.2 Å². The van der Waals surface area contributed by atoms with Gasteiger partial charge in [-0.1, -0.05) is 59.3 Å². The van der Waals surface area contributed by atoms with E-state index < -0.39 is 28.5 Å². The van der Waals surface area contributed by atoms with E-state index in [9.17, 15) is 18.0 Å². The Balaban J connectivity index is 2.03. The summed E-state index contributed by atoms with van der Waals surface area (Å²) in [4.78, 5) is 28.6. The Morgan fingerprint density at radius 1 is 0.923 bits per heavy atom. The largest absolute Gasteiger partial charge is 0.352 e. The van der Waals surface area contributed by atoms with Crippen molar-refractivity contribution in [2.24, 2.45) is 0 Å². The minimum Gasteiger partial charge on any atom is -0.352 e. The van der Waals surface area contributed by atoms with E-state index in [2.05, 4.69) is 21.2 Å². The van der Waals surface area contributed by atoms with Crippen LogP contribution in [-0.2, 0) is 26.2 Å². The highest BCUT2D eigenvalue weighted by molar-refractivity contribution is 9.10. The third-order valence-electron chi connectivity index (χ3n) is 6.82. The van der Waals surface area contributed by atoms with Crippen LogP contribution in [0.4, 0.5) is 5.69 Å². The van der Waals surface area contributed by atoms with Crippen molar-refractivity contribution in [3.8, 4) is 0 Å². The van der Waals surface area contributed by atoms with Gasteiger partial charge in [-0.2, -0.15) is 0 Å². The molecular weight excluding hydrogens is 578 g/mol. The minimum absolute atomic E-state index is 0.0601. The van der Waals surface area contributed by atoms with E-state index in [1.54, 1.807) is 37.3 Å². The lowest BCUT2D eigenvalue weighted by molar-refractivity contribution is -0.139. The van der Waals surface area contributed by atoms with Gasteiger partial charge in [0, 0.05) is 17.1 Å². The first-order valence-electron chi connectivity index (χ1n) is 12.9. The van der Waals surface area contributed by atoms with Gasteiger partial charge in [0.25, 0.3) is 10.0 Å². The number of sulfonamides is 1. The Morgan fingerprint density at radius 2 is 1.56 bits per heavy atom. The Morgan fingerprint density at radius 3 is 2.15 bits per heavy atom. The molecule has 3 aromatic carbocycles. The number of halogens is 1. The number of nitrogens with zero attached hydrogens (tertiary/aromatic N) is 2. The van der Waals surface area contributed by atoms with Crippen molar-refractivity contribution in [3.63, 3.8) is 0 Å². The fraction of sp³-hybridized carbons (Fsp3) is 0.333. The van der Waals surface area contributed by atoms with Gasteiger partial charge in [0.05, 0.1) is 10.6 Å². The molecule has 0 bridgehead atoms. The number of amides is 2. The number of anilines is 1. The first-order chi connectivity index (χ1) is 18.4. The molecule has 9 heteroatoms. The summed E-state index contributed by atoms with van der Waals surface area (Å²) in [7, 11) is -4.08. The summed E-state index contributed by atoms with van der Waals surface area (Å²) in [5.41, 5.74) is 3.12. The molecule has 7 nitrogen and oxygen atoms in total. The Hall–Kier alpha value is -3.17. The zero-order valence-electron chi connectivity index (χ0n) is 23.0. The van der Waals surface area contributed by atoms with Crippen LogP contribution in [0.1, 0.15) is 43.9 Å². The highest BCUT2D eigenvalue weighted by Crippen LogP contribution is 2.26. The second kappa shape index (κ2) is 13.3. The lowest BCUT2D eigenvalue weighted by Crippen LogP contribution is -2.52. The smallest absolute Gasteiger partial charge is 0.264 e. The molecule has 0 aliphatic carbocycles. The van der Waals surface area contributed by atoms with Crippen LogP contribution in [0.2, 0.25) is 0 Å². The third-order valence-corrected chi connectivity index (χ3v) is 9.14. The van der Waals surface area contributed by atoms with Gasteiger partial charge in [0.1, 0.15) is 12.6 Å². The predicted octanol–water partition coefficient (Wildman–Crippen LogP) is 5.59. The van der Waals surface area contributed by atoms with E-state index in [1.807, 2.05) is 58.0 Å². The van der Waals surface area contributed by atoms with Crippen LogP contribution in [0.3, 0.4) is 0 Å². The molecule has 2 atom stereocenters. The lowest BCUT2D eigenvalue weighted by atomic mass is 10.1. The normalized spacial score (nSPS) is 12.9. The third kappa shape index (κ3) is 7.70. The predicted molar refractivity (Wildman–Crippen MR) is 159 cm³/mol. The molecule has 0 radical (unpaired) electrons. The molecule has 0 heterocycles. The number of benzene rings is 3. The Kier molecular flexibility index (Phi) is 10.3. The van der Waals surface area contributed by atoms with Gasteiger partial charge in [0.15, 0.2) is 0 Å². The lowest BCUT2D eigenvalue weighted by Gasteiger charge is -2.32. The number of aryl methyl sites for hydroxylation is 2. The second-order valence-corrected chi connectivity index (χ2v) is 12.5. The maximum atomic E-state index is 14.0. The zero-order valence-corrected chi connectivity index (χ0v) is 25.4. The van der Waals surface area contributed by atoms with Crippen LogP contribution in [0.25, 0.3) is 0 Å². The van der Waals surface area contributed by atoms with Crippen LogP contribution in [0.5, 0.6) is 0 Å². The maximum Gasteiger partial charge on any atom is 0.264 e. The van der Waals surface area contributed by atoms with Gasteiger partial charge in [-0.25, -0.2) is 8.42 Å². The average molecular weight is 615 g/mol. The van der Waals surface area contributed by atoms with Crippen molar-refractivity contribution < 1.29 is 18.0 Å². The highest BCUT2D eigenvalue weighted by Gasteiger charge is 2.32. The van der Waals surface area contributed by atoms with Crippen molar-refractivity contribution in [3.05, 3.63) is 94.0 Å². The Bertz CT molecular complexity index is 1400. The Labute approximate surface area is 240 Å². The van der Waals surface area contributed by atoms with Crippen LogP contribution in [0.15, 0.2) is 82.2 Å². The highest BCUT2D eigenvalue weighted by atomic mass is 79.9. The molecule has 3 rings (SSSR count).